The Labute approximate surface area is 173 Å². The fourth-order valence-corrected chi connectivity index (χ4v) is 4.77. The van der Waals surface area contributed by atoms with E-state index in [0.717, 1.165) is 17.2 Å². The number of ketones is 1. The maximum Gasteiger partial charge on any atom is 0.381 e. The van der Waals surface area contributed by atoms with Crippen molar-refractivity contribution in [3.8, 4) is 0 Å². The molecule has 0 bridgehead atoms. The van der Waals surface area contributed by atoms with Gasteiger partial charge in [0.25, 0.3) is 5.47 Å². The van der Waals surface area contributed by atoms with Gasteiger partial charge in [-0.15, -0.1) is 0 Å². The second-order valence-corrected chi connectivity index (χ2v) is 8.67. The summed E-state index contributed by atoms with van der Waals surface area (Å²) in [5.41, 5.74) is 2.60. The smallest absolute Gasteiger partial charge is 0.381 e. The molecule has 1 unspecified atom stereocenters. The molecule has 2 aromatic heterocycles. The van der Waals surface area contributed by atoms with E-state index in [9.17, 15) is 34.5 Å². The number of hydrogen-bond acceptors (Lipinski definition) is 10. The molecule has 14 heteroatoms. The molecule has 0 radical (unpaired) electrons. The van der Waals surface area contributed by atoms with Crippen LogP contribution in [-0.4, -0.2) is 74.8 Å². The van der Waals surface area contributed by atoms with E-state index in [0.29, 0.717) is 0 Å². The first kappa shape index (κ1) is 21.5. The lowest BCUT2D eigenvalue weighted by Crippen LogP contribution is -2.45. The SMILES string of the molecule is Nc1ncnc2c1ncn2[C@]1(P(=O)(O)O)O[C@H](C(O)C(=O)c2ccccc2)[C@@H](O)[C@H]1O. The number of Topliss-reactive ketones (excluding diaryl/α,β-unsaturated/α-hetero) is 1. The molecule has 1 aromatic carbocycles. The fourth-order valence-electron chi connectivity index (χ4n) is 3.58. The number of anilines is 1. The molecule has 0 spiro atoms. The van der Waals surface area contributed by atoms with Crippen LogP contribution >= 0.6 is 7.60 Å². The van der Waals surface area contributed by atoms with E-state index in [1.54, 1.807) is 18.2 Å². The number of aliphatic hydroxyl groups excluding tert-OH is 3. The van der Waals surface area contributed by atoms with E-state index < -0.39 is 43.3 Å². The van der Waals surface area contributed by atoms with E-state index in [1.807, 2.05) is 0 Å². The van der Waals surface area contributed by atoms with Crippen molar-refractivity contribution in [2.24, 2.45) is 0 Å². The van der Waals surface area contributed by atoms with Crippen molar-refractivity contribution in [2.75, 3.05) is 5.73 Å². The summed E-state index contributed by atoms with van der Waals surface area (Å²) in [7, 11) is -5.46. The van der Waals surface area contributed by atoms with Gasteiger partial charge in [-0.25, -0.2) is 15.0 Å². The van der Waals surface area contributed by atoms with Crippen molar-refractivity contribution in [2.45, 2.75) is 29.9 Å². The average Bonchev–Trinajstić information content (AvgIpc) is 3.29. The van der Waals surface area contributed by atoms with Crippen molar-refractivity contribution >= 4 is 30.4 Å². The lowest BCUT2D eigenvalue weighted by Gasteiger charge is -2.33. The van der Waals surface area contributed by atoms with Crippen LogP contribution in [0.3, 0.4) is 0 Å². The third kappa shape index (κ3) is 3.15. The van der Waals surface area contributed by atoms with Crippen LogP contribution in [0.25, 0.3) is 11.2 Å². The molecule has 3 aromatic rings. The Morgan fingerprint density at radius 1 is 1.19 bits per heavy atom. The highest BCUT2D eigenvalue weighted by molar-refractivity contribution is 7.52. The van der Waals surface area contributed by atoms with Gasteiger partial charge in [0, 0.05) is 5.56 Å². The molecule has 7 N–H and O–H groups in total. The topological polar surface area (TPSA) is 214 Å². The summed E-state index contributed by atoms with van der Waals surface area (Å²) in [6.45, 7) is 0. The summed E-state index contributed by atoms with van der Waals surface area (Å²) in [5.74, 6) is -0.978. The van der Waals surface area contributed by atoms with Crippen molar-refractivity contribution in [1.82, 2.24) is 19.5 Å². The number of imidazole rings is 1. The summed E-state index contributed by atoms with van der Waals surface area (Å²) in [6, 6.07) is 7.54. The number of nitrogens with zero attached hydrogens (tertiary/aromatic N) is 4. The van der Waals surface area contributed by atoms with E-state index in [2.05, 4.69) is 15.0 Å². The summed E-state index contributed by atoms with van der Waals surface area (Å²) < 4.78 is 18.7. The van der Waals surface area contributed by atoms with Crippen LogP contribution < -0.4 is 5.73 Å². The molecular formula is C17H18N5O8P. The quantitative estimate of drug-likeness (QED) is 0.194. The first-order valence-corrected chi connectivity index (χ1v) is 10.5. The predicted molar refractivity (Wildman–Crippen MR) is 103 cm³/mol. The van der Waals surface area contributed by atoms with E-state index in [1.165, 1.54) is 12.1 Å². The molecule has 5 atom stereocenters. The lowest BCUT2D eigenvalue weighted by molar-refractivity contribution is -0.110. The van der Waals surface area contributed by atoms with Crippen LogP contribution in [0.5, 0.6) is 0 Å². The second kappa shape index (κ2) is 7.43. The Kier molecular flexibility index (Phi) is 5.14. The van der Waals surface area contributed by atoms with E-state index in [4.69, 9.17) is 10.5 Å². The largest absolute Gasteiger partial charge is 0.387 e. The molecule has 1 saturated heterocycles. The number of hydrogen-bond donors (Lipinski definition) is 6. The highest BCUT2D eigenvalue weighted by Crippen LogP contribution is 2.61. The highest BCUT2D eigenvalue weighted by atomic mass is 31.2. The highest BCUT2D eigenvalue weighted by Gasteiger charge is 2.67. The zero-order chi connectivity index (χ0) is 22.6. The molecule has 0 saturated carbocycles. The van der Waals surface area contributed by atoms with Gasteiger partial charge >= 0.3 is 7.60 Å². The van der Waals surface area contributed by atoms with Crippen LogP contribution in [0.15, 0.2) is 43.0 Å². The third-order valence-corrected chi connectivity index (χ3v) is 6.54. The Balaban J connectivity index is 1.82. The third-order valence-electron chi connectivity index (χ3n) is 5.12. The monoisotopic (exact) mass is 451 g/mol. The maximum atomic E-state index is 12.6. The minimum atomic E-state index is -5.46. The van der Waals surface area contributed by atoms with Crippen molar-refractivity contribution in [3.05, 3.63) is 48.5 Å². The average molecular weight is 451 g/mol. The number of rotatable bonds is 5. The van der Waals surface area contributed by atoms with Gasteiger partial charge in [0.15, 0.2) is 17.2 Å². The Morgan fingerprint density at radius 2 is 1.87 bits per heavy atom. The molecule has 1 aliphatic heterocycles. The number of benzene rings is 1. The van der Waals surface area contributed by atoms with Gasteiger partial charge in [-0.05, 0) is 0 Å². The van der Waals surface area contributed by atoms with E-state index >= 15 is 0 Å². The summed E-state index contributed by atoms with van der Waals surface area (Å²) >= 11 is 0. The molecule has 31 heavy (non-hydrogen) atoms. The molecule has 3 heterocycles. The van der Waals surface area contributed by atoms with Crippen LogP contribution in [0, 0.1) is 0 Å². The van der Waals surface area contributed by atoms with Crippen molar-refractivity contribution in [1.29, 1.82) is 0 Å². The number of nitrogens with two attached hydrogens (primary N) is 1. The molecule has 1 fully saturated rings. The molecule has 13 nitrogen and oxygen atoms in total. The fraction of sp³-hybridized carbons (Fsp3) is 0.294. The first-order chi connectivity index (χ1) is 14.6. The van der Waals surface area contributed by atoms with Crippen molar-refractivity contribution < 1.29 is 39.2 Å². The summed E-state index contributed by atoms with van der Waals surface area (Å²) in [6.07, 6.45) is -6.34. The Bertz CT molecular complexity index is 1180. The van der Waals surface area contributed by atoms with Crippen LogP contribution in [0.2, 0.25) is 0 Å². The number of carbonyl (C=O) groups excluding carboxylic acids is 1. The minimum Gasteiger partial charge on any atom is -0.387 e. The van der Waals surface area contributed by atoms with E-state index in [-0.39, 0.29) is 22.5 Å². The number of nitrogen functional groups attached to an aromatic ring is 1. The van der Waals surface area contributed by atoms with Crippen molar-refractivity contribution in [3.63, 3.8) is 0 Å². The molecule has 0 amide bonds. The molecule has 0 aliphatic carbocycles. The van der Waals surface area contributed by atoms with Crippen LogP contribution in [-0.2, 0) is 14.8 Å². The zero-order valence-electron chi connectivity index (χ0n) is 15.6. The standard InChI is InChI=1S/C17H18N5O8P/c18-15-9-16(20-6-19-15)22(7-21-9)17(31(27,28)29)14(26)12(25)13(30-17)11(24)10(23)8-4-2-1-3-5-8/h1-7,11-14,24-26H,(H2,18,19,20)(H2,27,28,29)/t11?,12-,13-,14-,17+/m1/s1. The maximum absolute atomic E-state index is 12.6. The van der Waals surface area contributed by atoms with Gasteiger partial charge in [-0.2, -0.15) is 0 Å². The molecule has 4 rings (SSSR count). The molecule has 1 aliphatic rings. The zero-order valence-corrected chi connectivity index (χ0v) is 16.5. The second-order valence-electron chi connectivity index (χ2n) is 6.94. The van der Waals surface area contributed by atoms with Gasteiger partial charge < -0.3 is 35.6 Å². The number of aromatic nitrogens is 4. The molecule has 164 valence electrons. The number of fused-ring (bicyclic) bond motifs is 1. The normalized spacial score (nSPS) is 27.5. The molecular weight excluding hydrogens is 433 g/mol. The lowest BCUT2D eigenvalue weighted by atomic mass is 9.98. The van der Waals surface area contributed by atoms with Gasteiger partial charge in [-0.1, -0.05) is 30.3 Å². The Hall–Kier alpha value is -2.77. The van der Waals surface area contributed by atoms with Crippen LogP contribution in [0.4, 0.5) is 5.82 Å². The van der Waals surface area contributed by atoms with Gasteiger partial charge in [-0.3, -0.25) is 13.9 Å². The minimum absolute atomic E-state index is 0.0371. The summed E-state index contributed by atoms with van der Waals surface area (Å²) in [4.78, 5) is 44.4. The number of carbonyl (C=O) groups is 1. The van der Waals surface area contributed by atoms with Crippen LogP contribution in [0.1, 0.15) is 10.4 Å². The van der Waals surface area contributed by atoms with Gasteiger partial charge in [0.2, 0.25) is 0 Å². The van der Waals surface area contributed by atoms with Gasteiger partial charge in [0.05, 0.1) is 0 Å². The Morgan fingerprint density at radius 3 is 2.52 bits per heavy atom. The van der Waals surface area contributed by atoms with Gasteiger partial charge in [0.1, 0.15) is 42.6 Å². The summed E-state index contributed by atoms with van der Waals surface area (Å²) in [5, 5.41) is 31.8. The number of aliphatic hydroxyl groups is 3. The first-order valence-electron chi connectivity index (χ1n) is 8.90. The number of ether oxygens (including phenoxy) is 1. The predicted octanol–water partition coefficient (Wildman–Crippen LogP) is -1.44.